The quantitative estimate of drug-likeness (QED) is 0.649. The van der Waals surface area contributed by atoms with Gasteiger partial charge in [-0.05, 0) is 43.9 Å². The number of benzene rings is 1. The summed E-state index contributed by atoms with van der Waals surface area (Å²) in [5, 5.41) is 3.51. The molecule has 1 fully saturated rings. The van der Waals surface area contributed by atoms with Crippen LogP contribution >= 0.6 is 0 Å². The molecule has 0 amide bonds. The predicted molar refractivity (Wildman–Crippen MR) is 109 cm³/mol. The lowest BCUT2D eigenvalue weighted by molar-refractivity contribution is 0.189. The standard InChI is InChI=1S/C21H31N5O/c1-16(2)27-19-7-5-18(6-8-19)13-24-21(22-4)25-11-9-17(3)20(14-25)26-12-10-23-15-26/h5-8,10,12,15-17,20H,9,11,13-14H2,1-4H3,(H,22,24). The molecule has 2 unspecified atom stereocenters. The third-order valence-electron chi connectivity index (χ3n) is 5.08. The summed E-state index contributed by atoms with van der Waals surface area (Å²) in [6.45, 7) is 9.10. The first-order chi connectivity index (χ1) is 13.1. The zero-order valence-electron chi connectivity index (χ0n) is 16.8. The lowest BCUT2D eigenvalue weighted by atomic mass is 9.93. The van der Waals surface area contributed by atoms with Gasteiger partial charge in [0, 0.05) is 39.1 Å². The van der Waals surface area contributed by atoms with E-state index in [9.17, 15) is 0 Å². The summed E-state index contributed by atoms with van der Waals surface area (Å²) in [7, 11) is 1.85. The van der Waals surface area contributed by atoms with E-state index in [1.807, 2.05) is 45.6 Å². The van der Waals surface area contributed by atoms with Crippen LogP contribution in [0.25, 0.3) is 0 Å². The number of imidazole rings is 1. The number of hydrogen-bond donors (Lipinski definition) is 1. The van der Waals surface area contributed by atoms with Gasteiger partial charge in [0.25, 0.3) is 0 Å². The normalized spacial score (nSPS) is 20.8. The van der Waals surface area contributed by atoms with Crippen molar-refractivity contribution in [1.82, 2.24) is 19.8 Å². The maximum Gasteiger partial charge on any atom is 0.193 e. The largest absolute Gasteiger partial charge is 0.491 e. The Balaban J connectivity index is 1.58. The first kappa shape index (κ1) is 19.3. The molecule has 0 aliphatic carbocycles. The average molecular weight is 370 g/mol. The van der Waals surface area contributed by atoms with Gasteiger partial charge < -0.3 is 19.5 Å². The summed E-state index contributed by atoms with van der Waals surface area (Å²) in [5.74, 6) is 2.49. The van der Waals surface area contributed by atoms with Crippen LogP contribution < -0.4 is 10.1 Å². The zero-order valence-corrected chi connectivity index (χ0v) is 16.8. The molecule has 6 heteroatoms. The molecule has 1 N–H and O–H groups in total. The van der Waals surface area contributed by atoms with Crippen molar-refractivity contribution in [1.29, 1.82) is 0 Å². The summed E-state index contributed by atoms with van der Waals surface area (Å²) < 4.78 is 7.93. The third kappa shape index (κ3) is 5.02. The highest BCUT2D eigenvalue weighted by Gasteiger charge is 2.28. The van der Waals surface area contributed by atoms with E-state index in [0.29, 0.717) is 12.0 Å². The molecule has 1 aromatic heterocycles. The fraction of sp³-hybridized carbons (Fsp3) is 0.524. The number of nitrogens with one attached hydrogen (secondary N) is 1. The monoisotopic (exact) mass is 369 g/mol. The van der Waals surface area contributed by atoms with Crippen molar-refractivity contribution in [3.8, 4) is 5.75 Å². The average Bonchev–Trinajstić information content (AvgIpc) is 3.18. The molecule has 6 nitrogen and oxygen atoms in total. The molecule has 1 aliphatic rings. The molecule has 1 saturated heterocycles. The van der Waals surface area contributed by atoms with Gasteiger partial charge in [-0.1, -0.05) is 19.1 Å². The van der Waals surface area contributed by atoms with E-state index < -0.39 is 0 Å². The van der Waals surface area contributed by atoms with E-state index in [2.05, 4.69) is 50.0 Å². The van der Waals surface area contributed by atoms with Crippen molar-refractivity contribution in [3.63, 3.8) is 0 Å². The molecule has 1 aromatic carbocycles. The predicted octanol–water partition coefficient (Wildman–Crippen LogP) is 3.33. The van der Waals surface area contributed by atoms with Crippen molar-refractivity contribution in [3.05, 3.63) is 48.5 Å². The summed E-state index contributed by atoms with van der Waals surface area (Å²) in [5.41, 5.74) is 1.21. The molecular formula is C21H31N5O. The van der Waals surface area contributed by atoms with Gasteiger partial charge in [-0.2, -0.15) is 0 Å². The Labute approximate surface area is 162 Å². The summed E-state index contributed by atoms with van der Waals surface area (Å²) >= 11 is 0. The van der Waals surface area contributed by atoms with Crippen molar-refractivity contribution in [2.45, 2.75) is 45.9 Å². The maximum atomic E-state index is 5.71. The summed E-state index contributed by atoms with van der Waals surface area (Å²) in [6.07, 6.45) is 7.16. The van der Waals surface area contributed by atoms with Crippen LogP contribution in [0.3, 0.4) is 0 Å². The number of aliphatic imine (C=N–C) groups is 1. The van der Waals surface area contributed by atoms with Crippen LogP contribution in [0.4, 0.5) is 0 Å². The molecule has 2 atom stereocenters. The van der Waals surface area contributed by atoms with Crippen LogP contribution in [0.1, 0.15) is 38.8 Å². The molecule has 0 radical (unpaired) electrons. The maximum absolute atomic E-state index is 5.71. The van der Waals surface area contributed by atoms with E-state index in [0.717, 1.165) is 37.8 Å². The van der Waals surface area contributed by atoms with Gasteiger partial charge in [0.2, 0.25) is 0 Å². The van der Waals surface area contributed by atoms with Crippen molar-refractivity contribution in [2.75, 3.05) is 20.1 Å². The number of ether oxygens (including phenoxy) is 1. The van der Waals surface area contributed by atoms with Crippen molar-refractivity contribution < 1.29 is 4.74 Å². The molecule has 2 aromatic rings. The van der Waals surface area contributed by atoms with Gasteiger partial charge in [0.15, 0.2) is 5.96 Å². The van der Waals surface area contributed by atoms with Crippen LogP contribution in [-0.4, -0.2) is 46.7 Å². The number of rotatable bonds is 5. The number of nitrogens with zero attached hydrogens (tertiary/aromatic N) is 4. The highest BCUT2D eigenvalue weighted by atomic mass is 16.5. The molecule has 0 saturated carbocycles. The van der Waals surface area contributed by atoms with E-state index in [4.69, 9.17) is 4.74 Å². The SMILES string of the molecule is CN=C(NCc1ccc(OC(C)C)cc1)N1CCC(C)C(n2ccnc2)C1. The molecule has 3 rings (SSSR count). The Kier molecular flexibility index (Phi) is 6.37. The Morgan fingerprint density at radius 2 is 2.11 bits per heavy atom. The minimum atomic E-state index is 0.192. The minimum Gasteiger partial charge on any atom is -0.491 e. The summed E-state index contributed by atoms with van der Waals surface area (Å²) in [4.78, 5) is 11.1. The van der Waals surface area contributed by atoms with E-state index in [-0.39, 0.29) is 6.10 Å². The molecule has 0 bridgehead atoms. The second-order valence-corrected chi connectivity index (χ2v) is 7.50. The number of aromatic nitrogens is 2. The van der Waals surface area contributed by atoms with Crippen LogP contribution in [0.5, 0.6) is 5.75 Å². The number of likely N-dealkylation sites (tertiary alicyclic amines) is 1. The van der Waals surface area contributed by atoms with E-state index in [1.165, 1.54) is 5.56 Å². The summed E-state index contributed by atoms with van der Waals surface area (Å²) in [6, 6.07) is 8.68. The fourth-order valence-electron chi connectivity index (χ4n) is 3.57. The van der Waals surface area contributed by atoms with Crippen LogP contribution in [-0.2, 0) is 6.54 Å². The van der Waals surface area contributed by atoms with Crippen LogP contribution in [0, 0.1) is 5.92 Å². The first-order valence-corrected chi connectivity index (χ1v) is 9.75. The lowest BCUT2D eigenvalue weighted by Crippen LogP contribution is -2.48. The topological polar surface area (TPSA) is 54.7 Å². The fourth-order valence-corrected chi connectivity index (χ4v) is 3.57. The number of hydrogen-bond acceptors (Lipinski definition) is 3. The second-order valence-electron chi connectivity index (χ2n) is 7.50. The highest BCUT2D eigenvalue weighted by molar-refractivity contribution is 5.80. The Bertz CT molecular complexity index is 724. The smallest absolute Gasteiger partial charge is 0.193 e. The van der Waals surface area contributed by atoms with Gasteiger partial charge in [-0.3, -0.25) is 4.99 Å². The number of piperidine rings is 1. The second kappa shape index (κ2) is 8.93. The van der Waals surface area contributed by atoms with Gasteiger partial charge in [0.1, 0.15) is 5.75 Å². The molecular weight excluding hydrogens is 338 g/mol. The Morgan fingerprint density at radius 1 is 1.33 bits per heavy atom. The van der Waals surface area contributed by atoms with Crippen LogP contribution in [0.15, 0.2) is 48.0 Å². The van der Waals surface area contributed by atoms with E-state index >= 15 is 0 Å². The van der Waals surface area contributed by atoms with Crippen molar-refractivity contribution >= 4 is 5.96 Å². The Morgan fingerprint density at radius 3 is 2.74 bits per heavy atom. The van der Waals surface area contributed by atoms with Crippen molar-refractivity contribution in [2.24, 2.45) is 10.9 Å². The molecule has 27 heavy (non-hydrogen) atoms. The van der Waals surface area contributed by atoms with Crippen LogP contribution in [0.2, 0.25) is 0 Å². The Hall–Kier alpha value is -2.50. The molecule has 146 valence electrons. The number of guanidine groups is 1. The van der Waals surface area contributed by atoms with Gasteiger partial charge in [-0.25, -0.2) is 4.98 Å². The molecule has 0 spiro atoms. The minimum absolute atomic E-state index is 0.192. The lowest BCUT2D eigenvalue weighted by Gasteiger charge is -2.39. The van der Waals surface area contributed by atoms with Gasteiger partial charge in [-0.15, -0.1) is 0 Å². The van der Waals surface area contributed by atoms with Gasteiger partial charge >= 0.3 is 0 Å². The van der Waals surface area contributed by atoms with E-state index in [1.54, 1.807) is 0 Å². The molecule has 2 heterocycles. The van der Waals surface area contributed by atoms with Gasteiger partial charge in [0.05, 0.1) is 18.5 Å². The highest BCUT2D eigenvalue weighted by Crippen LogP contribution is 2.27. The third-order valence-corrected chi connectivity index (χ3v) is 5.08. The first-order valence-electron chi connectivity index (χ1n) is 9.75. The zero-order chi connectivity index (χ0) is 19.2. The molecule has 1 aliphatic heterocycles.